The zero-order chi connectivity index (χ0) is 14.4. The van der Waals surface area contributed by atoms with Gasteiger partial charge in [-0.15, -0.1) is 0 Å². The smallest absolute Gasteiger partial charge is 0.216 e. The number of allylic oxidation sites excluding steroid dienone is 1. The Balaban J connectivity index is 2.88. The van der Waals surface area contributed by atoms with Crippen LogP contribution in [-0.4, -0.2) is 22.6 Å². The van der Waals surface area contributed by atoms with Crippen molar-refractivity contribution >= 4 is 12.0 Å². The Labute approximate surface area is 115 Å². The third kappa shape index (κ3) is 4.54. The van der Waals surface area contributed by atoms with Gasteiger partial charge in [-0.1, -0.05) is 32.4 Å². The van der Waals surface area contributed by atoms with Crippen LogP contribution < -0.4 is 5.32 Å². The maximum absolute atomic E-state index is 10.9. The summed E-state index contributed by atoms with van der Waals surface area (Å²) >= 11 is 0. The molecule has 0 unspecified atom stereocenters. The van der Waals surface area contributed by atoms with E-state index in [1.165, 1.54) is 18.1 Å². The minimum atomic E-state index is 0.000720. The van der Waals surface area contributed by atoms with Gasteiger partial charge in [0.25, 0.3) is 0 Å². The van der Waals surface area contributed by atoms with Crippen LogP contribution in [0.1, 0.15) is 51.1 Å². The highest BCUT2D eigenvalue weighted by Crippen LogP contribution is 2.21. The molecule has 0 saturated heterocycles. The standard InChI is InChI=1S/C15H25N3O/c1-6-13(10(2)3)9-14-11(4)17-18-15(14)7-8-16-12(5)19/h9-10H,6-8H2,1-5H3,(H,16,19)(H,17,18)/b13-9+. The van der Waals surface area contributed by atoms with Crippen LogP contribution in [0, 0.1) is 12.8 Å². The van der Waals surface area contributed by atoms with Gasteiger partial charge in [-0.3, -0.25) is 9.89 Å². The maximum Gasteiger partial charge on any atom is 0.216 e. The van der Waals surface area contributed by atoms with Gasteiger partial charge >= 0.3 is 0 Å². The molecule has 4 nitrogen and oxygen atoms in total. The summed E-state index contributed by atoms with van der Waals surface area (Å²) in [6, 6.07) is 0. The number of aromatic amines is 1. The van der Waals surface area contributed by atoms with Gasteiger partial charge in [0, 0.05) is 31.1 Å². The third-order valence-corrected chi connectivity index (χ3v) is 3.29. The van der Waals surface area contributed by atoms with E-state index in [0.717, 1.165) is 24.2 Å². The highest BCUT2D eigenvalue weighted by atomic mass is 16.1. The van der Waals surface area contributed by atoms with Gasteiger partial charge in [-0.05, 0) is 19.3 Å². The Morgan fingerprint density at radius 1 is 1.47 bits per heavy atom. The molecular formula is C15H25N3O. The second-order valence-corrected chi connectivity index (χ2v) is 5.17. The number of carbonyl (C=O) groups excluding carboxylic acids is 1. The monoisotopic (exact) mass is 263 g/mol. The molecule has 2 N–H and O–H groups in total. The topological polar surface area (TPSA) is 57.8 Å². The Morgan fingerprint density at radius 3 is 2.68 bits per heavy atom. The van der Waals surface area contributed by atoms with Crippen LogP contribution in [0.2, 0.25) is 0 Å². The first kappa shape index (κ1) is 15.5. The first-order valence-electron chi connectivity index (χ1n) is 6.94. The van der Waals surface area contributed by atoms with Gasteiger partial charge in [-0.25, -0.2) is 0 Å². The molecule has 0 spiro atoms. The van der Waals surface area contributed by atoms with Crippen molar-refractivity contribution in [3.8, 4) is 0 Å². The van der Waals surface area contributed by atoms with Crippen LogP contribution >= 0.6 is 0 Å². The van der Waals surface area contributed by atoms with Crippen molar-refractivity contribution in [1.29, 1.82) is 0 Å². The van der Waals surface area contributed by atoms with E-state index in [1.54, 1.807) is 0 Å². The molecule has 1 amide bonds. The van der Waals surface area contributed by atoms with Gasteiger partial charge in [-0.2, -0.15) is 5.10 Å². The second-order valence-electron chi connectivity index (χ2n) is 5.17. The van der Waals surface area contributed by atoms with Gasteiger partial charge in [0.05, 0.1) is 5.69 Å². The fraction of sp³-hybridized carbons (Fsp3) is 0.600. The Kier molecular flexibility index (Phi) is 5.80. The van der Waals surface area contributed by atoms with E-state index in [4.69, 9.17) is 0 Å². The molecule has 0 aliphatic rings. The number of H-pyrrole nitrogens is 1. The lowest BCUT2D eigenvalue weighted by molar-refractivity contribution is -0.118. The largest absolute Gasteiger partial charge is 0.356 e. The first-order chi connectivity index (χ1) is 8.95. The molecule has 106 valence electrons. The van der Waals surface area contributed by atoms with E-state index < -0.39 is 0 Å². The van der Waals surface area contributed by atoms with E-state index in [9.17, 15) is 4.79 Å². The number of amides is 1. The summed E-state index contributed by atoms with van der Waals surface area (Å²) in [6.45, 7) is 10.8. The molecule has 0 bridgehead atoms. The number of aromatic nitrogens is 2. The van der Waals surface area contributed by atoms with E-state index in [0.29, 0.717) is 12.5 Å². The molecule has 0 aromatic carbocycles. The molecule has 19 heavy (non-hydrogen) atoms. The summed E-state index contributed by atoms with van der Waals surface area (Å²) in [6.07, 6.45) is 4.05. The SMILES string of the molecule is CC/C(=C\c1c(CCNC(C)=O)n[nH]c1C)C(C)C. The van der Waals surface area contributed by atoms with Gasteiger partial charge in [0.2, 0.25) is 5.91 Å². The normalized spacial score (nSPS) is 12.0. The second kappa shape index (κ2) is 7.12. The van der Waals surface area contributed by atoms with Gasteiger partial charge in [0.1, 0.15) is 0 Å². The molecule has 1 aromatic heterocycles. The summed E-state index contributed by atoms with van der Waals surface area (Å²) in [5.41, 5.74) is 4.71. The van der Waals surface area contributed by atoms with Crippen molar-refractivity contribution in [2.75, 3.05) is 6.54 Å². The van der Waals surface area contributed by atoms with Crippen molar-refractivity contribution in [2.24, 2.45) is 5.92 Å². The van der Waals surface area contributed by atoms with Crippen LogP contribution in [0.25, 0.3) is 6.08 Å². The summed E-state index contributed by atoms with van der Waals surface area (Å²) < 4.78 is 0. The lowest BCUT2D eigenvalue weighted by Gasteiger charge is -2.09. The highest BCUT2D eigenvalue weighted by Gasteiger charge is 2.10. The molecule has 1 rings (SSSR count). The number of hydrogen-bond donors (Lipinski definition) is 2. The molecule has 1 heterocycles. The van der Waals surface area contributed by atoms with Crippen LogP contribution in [0.15, 0.2) is 5.57 Å². The lowest BCUT2D eigenvalue weighted by Crippen LogP contribution is -2.22. The number of nitrogens with one attached hydrogen (secondary N) is 2. The number of rotatable bonds is 6. The van der Waals surface area contributed by atoms with Gasteiger partial charge in [0.15, 0.2) is 0 Å². The average molecular weight is 263 g/mol. The third-order valence-electron chi connectivity index (χ3n) is 3.29. The molecule has 0 aliphatic carbocycles. The number of carbonyl (C=O) groups is 1. The van der Waals surface area contributed by atoms with Crippen molar-refractivity contribution in [1.82, 2.24) is 15.5 Å². The minimum absolute atomic E-state index is 0.000720. The van der Waals surface area contributed by atoms with Crippen molar-refractivity contribution in [2.45, 2.75) is 47.5 Å². The van der Waals surface area contributed by atoms with Crippen molar-refractivity contribution in [3.63, 3.8) is 0 Å². The van der Waals surface area contributed by atoms with Crippen LogP contribution in [0.3, 0.4) is 0 Å². The lowest BCUT2D eigenvalue weighted by atomic mass is 9.97. The molecule has 4 heteroatoms. The van der Waals surface area contributed by atoms with E-state index >= 15 is 0 Å². The summed E-state index contributed by atoms with van der Waals surface area (Å²) in [5.74, 6) is 0.545. The molecule has 1 aromatic rings. The summed E-state index contributed by atoms with van der Waals surface area (Å²) in [7, 11) is 0. The molecule has 0 saturated carbocycles. The number of aryl methyl sites for hydroxylation is 1. The Hall–Kier alpha value is -1.58. The van der Waals surface area contributed by atoms with Gasteiger partial charge < -0.3 is 5.32 Å². The quantitative estimate of drug-likeness (QED) is 0.829. The van der Waals surface area contributed by atoms with Crippen LogP contribution in [0.5, 0.6) is 0 Å². The highest BCUT2D eigenvalue weighted by molar-refractivity contribution is 5.72. The molecule has 0 fully saturated rings. The predicted octanol–water partition coefficient (Wildman–Crippen LogP) is 2.85. The fourth-order valence-electron chi connectivity index (χ4n) is 2.09. The van der Waals surface area contributed by atoms with Crippen molar-refractivity contribution in [3.05, 3.63) is 22.5 Å². The Bertz CT molecular complexity index is 458. The van der Waals surface area contributed by atoms with Crippen LogP contribution in [-0.2, 0) is 11.2 Å². The fourth-order valence-corrected chi connectivity index (χ4v) is 2.09. The van der Waals surface area contributed by atoms with Crippen LogP contribution in [0.4, 0.5) is 0 Å². The zero-order valence-corrected chi connectivity index (χ0v) is 12.6. The number of hydrogen-bond acceptors (Lipinski definition) is 2. The molecular weight excluding hydrogens is 238 g/mol. The first-order valence-corrected chi connectivity index (χ1v) is 6.94. The van der Waals surface area contributed by atoms with E-state index in [-0.39, 0.29) is 5.91 Å². The van der Waals surface area contributed by atoms with E-state index in [1.807, 2.05) is 6.92 Å². The maximum atomic E-state index is 10.9. The molecule has 0 radical (unpaired) electrons. The predicted molar refractivity (Wildman–Crippen MR) is 78.8 cm³/mol. The van der Waals surface area contributed by atoms with E-state index in [2.05, 4.69) is 42.4 Å². The molecule has 0 aliphatic heterocycles. The molecule has 0 atom stereocenters. The van der Waals surface area contributed by atoms with Crippen molar-refractivity contribution < 1.29 is 4.79 Å². The number of nitrogens with zero attached hydrogens (tertiary/aromatic N) is 1. The zero-order valence-electron chi connectivity index (χ0n) is 12.6. The minimum Gasteiger partial charge on any atom is -0.356 e. The summed E-state index contributed by atoms with van der Waals surface area (Å²) in [5, 5.41) is 10.2. The summed E-state index contributed by atoms with van der Waals surface area (Å²) in [4.78, 5) is 10.9. The Morgan fingerprint density at radius 2 is 2.16 bits per heavy atom. The average Bonchev–Trinajstić information content (AvgIpc) is 2.67.